The number of carbonyl (C=O) groups excluding carboxylic acids is 2. The zero-order chi connectivity index (χ0) is 19.4. The Morgan fingerprint density at radius 1 is 1.26 bits per heavy atom. The smallest absolute Gasteiger partial charge is 0.348 e. The van der Waals surface area contributed by atoms with Gasteiger partial charge in [0.1, 0.15) is 16.1 Å². The van der Waals surface area contributed by atoms with Crippen LogP contribution in [0, 0.1) is 23.4 Å². The molecule has 0 aliphatic heterocycles. The van der Waals surface area contributed by atoms with E-state index in [1.807, 2.05) is 5.40 Å². The summed E-state index contributed by atoms with van der Waals surface area (Å²) in [5.41, 5.74) is 1.37. The fraction of sp³-hybridized carbons (Fsp3) is 0.105. The van der Waals surface area contributed by atoms with E-state index in [1.54, 1.807) is 37.3 Å². The van der Waals surface area contributed by atoms with Gasteiger partial charge in [0.25, 0.3) is 5.91 Å². The van der Waals surface area contributed by atoms with Crippen molar-refractivity contribution in [3.05, 3.63) is 58.7 Å². The Labute approximate surface area is 162 Å². The predicted molar refractivity (Wildman–Crippen MR) is 103 cm³/mol. The van der Waals surface area contributed by atoms with Crippen molar-refractivity contribution >= 4 is 50.7 Å². The van der Waals surface area contributed by atoms with Crippen LogP contribution in [-0.2, 0) is 9.53 Å². The fourth-order valence-corrected chi connectivity index (χ4v) is 3.81. The van der Waals surface area contributed by atoms with Crippen molar-refractivity contribution in [2.75, 3.05) is 11.9 Å². The first-order valence-corrected chi connectivity index (χ1v) is 9.42. The van der Waals surface area contributed by atoms with Gasteiger partial charge in [-0.3, -0.25) is 4.79 Å². The number of hydrogen-bond donors (Lipinski definition) is 1. The number of thioether (sulfide) groups is 1. The number of amides is 1. The molecule has 0 aliphatic rings. The van der Waals surface area contributed by atoms with Crippen molar-refractivity contribution in [1.29, 1.82) is 5.26 Å². The highest BCUT2D eigenvalue weighted by Crippen LogP contribution is 2.27. The van der Waals surface area contributed by atoms with Crippen LogP contribution in [0.15, 0.2) is 47.4 Å². The van der Waals surface area contributed by atoms with E-state index in [-0.39, 0.29) is 5.82 Å². The Morgan fingerprint density at radius 2 is 2.07 bits per heavy atom. The fourth-order valence-electron chi connectivity index (χ4n) is 2.40. The number of anilines is 1. The van der Waals surface area contributed by atoms with Crippen LogP contribution in [0.5, 0.6) is 0 Å². The second-order valence-electron chi connectivity index (χ2n) is 5.59. The summed E-state index contributed by atoms with van der Waals surface area (Å²) in [6.45, 7) is 1.37. The molecule has 1 amide bonds. The zero-order valence-corrected chi connectivity index (χ0v) is 15.7. The van der Waals surface area contributed by atoms with Crippen molar-refractivity contribution in [1.82, 2.24) is 0 Å². The van der Waals surface area contributed by atoms with Crippen LogP contribution >= 0.6 is 23.1 Å². The molecule has 136 valence electrons. The van der Waals surface area contributed by atoms with Gasteiger partial charge in [-0.1, -0.05) is 0 Å². The van der Waals surface area contributed by atoms with Gasteiger partial charge >= 0.3 is 5.97 Å². The molecule has 0 atom stereocenters. The van der Waals surface area contributed by atoms with Crippen LogP contribution in [-0.4, -0.2) is 18.5 Å². The average Bonchev–Trinajstić information content (AvgIpc) is 3.05. The number of halogens is 1. The van der Waals surface area contributed by atoms with Crippen molar-refractivity contribution < 1.29 is 18.7 Å². The van der Waals surface area contributed by atoms with Gasteiger partial charge in [0.15, 0.2) is 6.61 Å². The number of benzene rings is 2. The first kappa shape index (κ1) is 18.9. The number of nitrogens with zero attached hydrogens (tertiary/aromatic N) is 1. The molecule has 0 saturated carbocycles. The number of nitrogens with one attached hydrogen (secondary N) is 1. The molecule has 2 aromatic carbocycles. The summed E-state index contributed by atoms with van der Waals surface area (Å²) in [7, 11) is 0. The molecular formula is C19H13FN2O3S2. The molecule has 3 rings (SSSR count). The summed E-state index contributed by atoms with van der Waals surface area (Å²) in [5, 5.41) is 13.9. The standard InChI is InChI=1S/C19H13FN2O3S2/c1-11-6-14(26-10-21)3-4-15(11)22-18(23)9-25-19(24)17-8-12-7-13(20)2-5-16(12)27-17/h2-8H,9H2,1H3,(H,22,23). The van der Waals surface area contributed by atoms with Crippen molar-refractivity contribution in [2.45, 2.75) is 11.8 Å². The number of rotatable bonds is 5. The molecule has 0 radical (unpaired) electrons. The second-order valence-corrected chi connectivity index (χ2v) is 7.53. The maximum absolute atomic E-state index is 13.2. The van der Waals surface area contributed by atoms with Crippen molar-refractivity contribution in [2.24, 2.45) is 0 Å². The SMILES string of the molecule is Cc1cc(SC#N)ccc1NC(=O)COC(=O)c1cc2cc(F)ccc2s1. The summed E-state index contributed by atoms with van der Waals surface area (Å²) in [4.78, 5) is 25.2. The van der Waals surface area contributed by atoms with Gasteiger partial charge in [-0.25, -0.2) is 9.18 Å². The van der Waals surface area contributed by atoms with Gasteiger partial charge in [0.05, 0.1) is 0 Å². The number of fused-ring (bicyclic) bond motifs is 1. The molecule has 0 unspecified atom stereocenters. The van der Waals surface area contributed by atoms with Crippen molar-refractivity contribution in [3.63, 3.8) is 0 Å². The Hall–Kier alpha value is -2.89. The lowest BCUT2D eigenvalue weighted by Crippen LogP contribution is -2.21. The first-order chi connectivity index (χ1) is 13.0. The molecule has 8 heteroatoms. The van der Waals surface area contributed by atoms with Crippen LogP contribution in [0.4, 0.5) is 10.1 Å². The van der Waals surface area contributed by atoms with Gasteiger partial charge in [-0.15, -0.1) is 11.3 Å². The molecule has 0 fully saturated rings. The van der Waals surface area contributed by atoms with Gasteiger partial charge < -0.3 is 10.1 Å². The molecule has 1 N–H and O–H groups in total. The topological polar surface area (TPSA) is 79.2 Å². The van der Waals surface area contributed by atoms with Crippen LogP contribution in [0.2, 0.25) is 0 Å². The van der Waals surface area contributed by atoms with Crippen LogP contribution in [0.1, 0.15) is 15.2 Å². The number of esters is 1. The van der Waals surface area contributed by atoms with E-state index in [1.165, 1.54) is 23.5 Å². The molecule has 0 bridgehead atoms. The molecule has 5 nitrogen and oxygen atoms in total. The summed E-state index contributed by atoms with van der Waals surface area (Å²) >= 11 is 2.21. The number of aryl methyl sites for hydroxylation is 1. The summed E-state index contributed by atoms with van der Waals surface area (Å²) in [6.07, 6.45) is 0. The second kappa shape index (κ2) is 8.20. The van der Waals surface area contributed by atoms with E-state index in [0.717, 1.165) is 26.9 Å². The number of nitriles is 1. The lowest BCUT2D eigenvalue weighted by molar-refractivity contribution is -0.119. The Kier molecular flexibility index (Phi) is 5.74. The monoisotopic (exact) mass is 400 g/mol. The minimum Gasteiger partial charge on any atom is -0.451 e. The van der Waals surface area contributed by atoms with Crippen LogP contribution in [0.25, 0.3) is 10.1 Å². The lowest BCUT2D eigenvalue weighted by atomic mass is 10.2. The van der Waals surface area contributed by atoms with Gasteiger partial charge in [-0.2, -0.15) is 5.26 Å². The van der Waals surface area contributed by atoms with Gasteiger partial charge in [-0.05, 0) is 72.1 Å². The summed E-state index contributed by atoms with van der Waals surface area (Å²) in [5.74, 6) is -1.49. The molecule has 1 aromatic heterocycles. The van der Waals surface area contributed by atoms with Crippen LogP contribution < -0.4 is 5.32 Å². The van der Waals surface area contributed by atoms with E-state index < -0.39 is 18.5 Å². The predicted octanol–water partition coefficient (Wildman–Crippen LogP) is 4.72. The third-order valence-corrected chi connectivity index (χ3v) is 5.33. The third kappa shape index (κ3) is 4.64. The quantitative estimate of drug-likeness (QED) is 0.381. The average molecular weight is 400 g/mol. The Bertz CT molecular complexity index is 1070. The van der Waals surface area contributed by atoms with Crippen molar-refractivity contribution in [3.8, 4) is 5.40 Å². The minimum absolute atomic E-state index is 0.303. The Balaban J connectivity index is 1.59. The van der Waals surface area contributed by atoms with E-state index in [2.05, 4.69) is 5.32 Å². The number of thiocyanates is 1. The Morgan fingerprint density at radius 3 is 2.81 bits per heavy atom. The van der Waals surface area contributed by atoms with Crippen LogP contribution in [0.3, 0.4) is 0 Å². The lowest BCUT2D eigenvalue weighted by Gasteiger charge is -2.09. The van der Waals surface area contributed by atoms with E-state index in [0.29, 0.717) is 16.0 Å². The van der Waals surface area contributed by atoms with E-state index in [4.69, 9.17) is 10.00 Å². The van der Waals surface area contributed by atoms with E-state index >= 15 is 0 Å². The highest BCUT2D eigenvalue weighted by atomic mass is 32.2. The minimum atomic E-state index is -0.635. The van der Waals surface area contributed by atoms with E-state index in [9.17, 15) is 14.0 Å². The first-order valence-electron chi connectivity index (χ1n) is 7.79. The number of carbonyl (C=O) groups is 2. The molecule has 0 spiro atoms. The maximum Gasteiger partial charge on any atom is 0.348 e. The molecule has 27 heavy (non-hydrogen) atoms. The highest BCUT2D eigenvalue weighted by molar-refractivity contribution is 8.03. The number of hydrogen-bond acceptors (Lipinski definition) is 6. The molecule has 1 heterocycles. The number of thiophene rings is 1. The molecular weight excluding hydrogens is 387 g/mol. The maximum atomic E-state index is 13.2. The highest BCUT2D eigenvalue weighted by Gasteiger charge is 2.14. The summed E-state index contributed by atoms with van der Waals surface area (Å²) in [6, 6.07) is 11.0. The largest absolute Gasteiger partial charge is 0.451 e. The molecule has 0 saturated heterocycles. The molecule has 3 aromatic rings. The van der Waals surface area contributed by atoms with Gasteiger partial charge in [0.2, 0.25) is 0 Å². The number of ether oxygens (including phenoxy) is 1. The summed E-state index contributed by atoms with van der Waals surface area (Å²) < 4.78 is 19.0. The molecule has 0 aliphatic carbocycles. The third-order valence-electron chi connectivity index (χ3n) is 3.65. The van der Waals surface area contributed by atoms with Gasteiger partial charge in [0, 0.05) is 15.3 Å². The zero-order valence-electron chi connectivity index (χ0n) is 14.1. The normalized spacial score (nSPS) is 10.4.